The van der Waals surface area contributed by atoms with Crippen molar-refractivity contribution in [2.45, 2.75) is 58.0 Å². The second kappa shape index (κ2) is 14.6. The van der Waals surface area contributed by atoms with E-state index in [9.17, 15) is 22.4 Å². The van der Waals surface area contributed by atoms with E-state index in [1.165, 1.54) is 4.90 Å². The third-order valence-electron chi connectivity index (χ3n) is 6.65. The molecule has 0 aliphatic heterocycles. The zero-order valence-electron chi connectivity index (χ0n) is 24.0. The van der Waals surface area contributed by atoms with E-state index in [1.807, 2.05) is 52.0 Å². The maximum absolute atomic E-state index is 14.1. The lowest BCUT2D eigenvalue weighted by molar-refractivity contribution is -0.140. The maximum atomic E-state index is 14.1. The Kier molecular flexibility index (Phi) is 11.3. The zero-order valence-corrected chi connectivity index (χ0v) is 24.8. The summed E-state index contributed by atoms with van der Waals surface area (Å²) in [6.45, 7) is 7.94. The van der Waals surface area contributed by atoms with Crippen molar-refractivity contribution in [2.24, 2.45) is 0 Å². The Hall–Kier alpha value is -3.92. The van der Waals surface area contributed by atoms with Crippen LogP contribution in [-0.4, -0.2) is 50.9 Å². The molecule has 0 bridgehead atoms. The van der Waals surface area contributed by atoms with Gasteiger partial charge in [0.1, 0.15) is 24.2 Å². The van der Waals surface area contributed by atoms with Crippen LogP contribution in [0.1, 0.15) is 44.7 Å². The first-order valence-corrected chi connectivity index (χ1v) is 15.2. The third kappa shape index (κ3) is 8.07. The number of carbonyl (C=O) groups is 2. The summed E-state index contributed by atoms with van der Waals surface area (Å²) in [5.74, 6) is -0.890. The molecule has 1 N–H and O–H groups in total. The summed E-state index contributed by atoms with van der Waals surface area (Å²) < 4.78 is 47.8. The van der Waals surface area contributed by atoms with Crippen LogP contribution in [0.4, 0.5) is 10.1 Å². The van der Waals surface area contributed by atoms with E-state index in [4.69, 9.17) is 4.74 Å². The van der Waals surface area contributed by atoms with Gasteiger partial charge in [0.25, 0.3) is 10.0 Å². The fourth-order valence-corrected chi connectivity index (χ4v) is 5.81. The van der Waals surface area contributed by atoms with Gasteiger partial charge in [0.2, 0.25) is 11.8 Å². The lowest BCUT2D eigenvalue weighted by Gasteiger charge is -2.33. The van der Waals surface area contributed by atoms with Crippen LogP contribution in [-0.2, 0) is 26.2 Å². The molecule has 2 amide bonds. The van der Waals surface area contributed by atoms with E-state index in [1.54, 1.807) is 24.3 Å². The number of hydrogen-bond acceptors (Lipinski definition) is 5. The van der Waals surface area contributed by atoms with E-state index in [2.05, 4.69) is 5.32 Å². The Balaban J connectivity index is 2.06. The molecular weight excluding hydrogens is 545 g/mol. The van der Waals surface area contributed by atoms with Gasteiger partial charge >= 0.3 is 0 Å². The summed E-state index contributed by atoms with van der Waals surface area (Å²) in [4.78, 5) is 28.5. The van der Waals surface area contributed by atoms with Gasteiger partial charge < -0.3 is 15.0 Å². The third-order valence-corrected chi connectivity index (χ3v) is 8.44. The van der Waals surface area contributed by atoms with Crippen molar-refractivity contribution in [3.63, 3.8) is 0 Å². The number of halogens is 1. The van der Waals surface area contributed by atoms with Gasteiger partial charge in [-0.15, -0.1) is 0 Å². The summed E-state index contributed by atoms with van der Waals surface area (Å²) in [6.07, 6.45) is 1.07. The molecule has 0 aliphatic carbocycles. The lowest BCUT2D eigenvalue weighted by atomic mass is 10.1. The SMILES string of the molecule is CCCNC(=O)[C@H](CC)N(Cc1ccccc1C)C(=O)CN(c1ccc(OCC)cc1)S(=O)(=O)c1ccc(F)cc1. The number of amides is 2. The van der Waals surface area contributed by atoms with Crippen molar-refractivity contribution >= 4 is 27.5 Å². The van der Waals surface area contributed by atoms with Gasteiger partial charge in [-0.2, -0.15) is 0 Å². The maximum Gasteiger partial charge on any atom is 0.264 e. The molecule has 3 aromatic carbocycles. The minimum absolute atomic E-state index is 0.122. The average Bonchev–Trinajstić information content (AvgIpc) is 2.96. The van der Waals surface area contributed by atoms with Gasteiger partial charge in [-0.1, -0.05) is 38.1 Å². The summed E-state index contributed by atoms with van der Waals surface area (Å²) in [5.41, 5.74) is 2.01. The molecule has 8 nitrogen and oxygen atoms in total. The molecular formula is C31H38FN3O5S. The van der Waals surface area contributed by atoms with Crippen LogP contribution in [0, 0.1) is 12.7 Å². The van der Waals surface area contributed by atoms with Gasteiger partial charge in [-0.05, 0) is 86.3 Å². The number of nitrogens with zero attached hydrogens (tertiary/aromatic N) is 2. The van der Waals surface area contributed by atoms with Crippen molar-refractivity contribution in [2.75, 3.05) is 24.0 Å². The first kappa shape index (κ1) is 31.6. The molecule has 0 radical (unpaired) electrons. The highest BCUT2D eigenvalue weighted by molar-refractivity contribution is 7.92. The minimum Gasteiger partial charge on any atom is -0.494 e. The first-order chi connectivity index (χ1) is 19.6. The molecule has 0 saturated carbocycles. The number of rotatable bonds is 14. The van der Waals surface area contributed by atoms with Crippen molar-refractivity contribution in [3.8, 4) is 5.75 Å². The Labute approximate surface area is 242 Å². The molecule has 0 heterocycles. The van der Waals surface area contributed by atoms with Crippen LogP contribution >= 0.6 is 0 Å². The molecule has 1 atom stereocenters. The van der Waals surface area contributed by atoms with Crippen LogP contribution in [0.3, 0.4) is 0 Å². The number of benzene rings is 3. The first-order valence-electron chi connectivity index (χ1n) is 13.7. The average molecular weight is 584 g/mol. The molecule has 0 unspecified atom stereocenters. The Morgan fingerprint density at radius 2 is 1.61 bits per heavy atom. The highest BCUT2D eigenvalue weighted by atomic mass is 32.2. The molecule has 0 aliphatic rings. The standard InChI is InChI=1S/C31H38FN3O5S/c1-5-20-33-31(37)29(6-2)34(21-24-11-9-8-10-23(24)4)30(36)22-35(26-14-16-27(17-15-26)40-7-3)41(38,39)28-18-12-25(32)13-19-28/h8-19,29H,5-7,20-22H2,1-4H3,(H,33,37)/t29-/m0/s1. The zero-order chi connectivity index (χ0) is 30.0. The van der Waals surface area contributed by atoms with E-state index in [-0.39, 0.29) is 23.0 Å². The Morgan fingerprint density at radius 1 is 0.951 bits per heavy atom. The van der Waals surface area contributed by atoms with Crippen LogP contribution in [0.2, 0.25) is 0 Å². The molecule has 0 aromatic heterocycles. The monoisotopic (exact) mass is 583 g/mol. The quantitative estimate of drug-likeness (QED) is 0.286. The molecule has 10 heteroatoms. The second-order valence-electron chi connectivity index (χ2n) is 9.56. The molecule has 0 fully saturated rings. The number of ether oxygens (including phenoxy) is 1. The fourth-order valence-electron chi connectivity index (χ4n) is 4.39. The Morgan fingerprint density at radius 3 is 2.20 bits per heavy atom. The summed E-state index contributed by atoms with van der Waals surface area (Å²) in [6, 6.07) is 17.5. The largest absolute Gasteiger partial charge is 0.494 e. The van der Waals surface area contributed by atoms with Gasteiger partial charge in [0, 0.05) is 13.1 Å². The number of aryl methyl sites for hydroxylation is 1. The number of sulfonamides is 1. The molecule has 3 aromatic rings. The topological polar surface area (TPSA) is 96.0 Å². The lowest BCUT2D eigenvalue weighted by Crippen LogP contribution is -2.52. The van der Waals surface area contributed by atoms with Gasteiger partial charge in [0.15, 0.2) is 0 Å². The van der Waals surface area contributed by atoms with Gasteiger partial charge in [0.05, 0.1) is 17.2 Å². The molecule has 220 valence electrons. The molecule has 0 saturated heterocycles. The normalized spacial score (nSPS) is 11.9. The van der Waals surface area contributed by atoms with Crippen LogP contribution in [0.5, 0.6) is 5.75 Å². The van der Waals surface area contributed by atoms with Crippen LogP contribution in [0.25, 0.3) is 0 Å². The van der Waals surface area contributed by atoms with Crippen LogP contribution in [0.15, 0.2) is 77.7 Å². The molecule has 41 heavy (non-hydrogen) atoms. The minimum atomic E-state index is -4.29. The highest BCUT2D eigenvalue weighted by Crippen LogP contribution is 2.27. The second-order valence-corrected chi connectivity index (χ2v) is 11.4. The number of nitrogens with one attached hydrogen (secondary N) is 1. The predicted molar refractivity (Wildman–Crippen MR) is 158 cm³/mol. The highest BCUT2D eigenvalue weighted by Gasteiger charge is 2.33. The smallest absolute Gasteiger partial charge is 0.264 e. The van der Waals surface area contributed by atoms with Gasteiger partial charge in [-0.25, -0.2) is 12.8 Å². The Bertz CT molecular complexity index is 1410. The van der Waals surface area contributed by atoms with E-state index in [0.29, 0.717) is 25.3 Å². The van der Waals surface area contributed by atoms with Crippen molar-refractivity contribution in [3.05, 3.63) is 89.7 Å². The summed E-state index contributed by atoms with van der Waals surface area (Å²) in [7, 11) is -4.29. The van der Waals surface area contributed by atoms with Crippen LogP contribution < -0.4 is 14.4 Å². The number of anilines is 1. The molecule has 3 rings (SSSR count). The predicted octanol–water partition coefficient (Wildman–Crippen LogP) is 5.06. The van der Waals surface area contributed by atoms with Gasteiger partial charge in [-0.3, -0.25) is 13.9 Å². The summed E-state index contributed by atoms with van der Waals surface area (Å²) >= 11 is 0. The number of hydrogen-bond donors (Lipinski definition) is 1. The van der Waals surface area contributed by atoms with Crippen molar-refractivity contribution < 1.29 is 27.1 Å². The summed E-state index contributed by atoms with van der Waals surface area (Å²) in [5, 5.41) is 2.87. The van der Waals surface area contributed by atoms with E-state index in [0.717, 1.165) is 46.1 Å². The van der Waals surface area contributed by atoms with Crippen molar-refractivity contribution in [1.29, 1.82) is 0 Å². The van der Waals surface area contributed by atoms with Crippen molar-refractivity contribution in [1.82, 2.24) is 10.2 Å². The fraction of sp³-hybridized carbons (Fsp3) is 0.355. The molecule has 0 spiro atoms. The van der Waals surface area contributed by atoms with E-state index < -0.39 is 34.3 Å². The van der Waals surface area contributed by atoms with E-state index >= 15 is 0 Å². The number of carbonyl (C=O) groups excluding carboxylic acids is 2.